The molecule has 1 amide bonds. The molecule has 0 fully saturated rings. The molecule has 6 nitrogen and oxygen atoms in total. The van der Waals surface area contributed by atoms with Crippen LogP contribution in [0.2, 0.25) is 0 Å². The van der Waals surface area contributed by atoms with Crippen molar-refractivity contribution in [3.63, 3.8) is 0 Å². The predicted octanol–water partition coefficient (Wildman–Crippen LogP) is 1.30. The Kier molecular flexibility index (Phi) is 5.07. The van der Waals surface area contributed by atoms with Crippen LogP contribution in [0.4, 0.5) is 0 Å². The zero-order valence-electron chi connectivity index (χ0n) is 12.2. The average molecular weight is 280 g/mol. The van der Waals surface area contributed by atoms with E-state index in [1.165, 1.54) is 25.1 Å². The van der Waals surface area contributed by atoms with Gasteiger partial charge in [-0.25, -0.2) is 4.98 Å². The largest absolute Gasteiger partial charge is 0.481 e. The Morgan fingerprint density at radius 3 is 2.30 bits per heavy atom. The van der Waals surface area contributed by atoms with E-state index in [9.17, 15) is 14.7 Å². The smallest absolute Gasteiger partial charge is 0.323 e. The van der Waals surface area contributed by atoms with Gasteiger partial charge in [-0.05, 0) is 26.3 Å². The van der Waals surface area contributed by atoms with E-state index in [4.69, 9.17) is 4.74 Å². The van der Waals surface area contributed by atoms with Gasteiger partial charge in [0.05, 0.1) is 7.11 Å². The quantitative estimate of drug-likeness (QED) is 0.794. The molecule has 110 valence electrons. The number of nitrogens with zero attached hydrogens (tertiary/aromatic N) is 2. The Labute approximate surface area is 118 Å². The minimum atomic E-state index is -1.65. The van der Waals surface area contributed by atoms with E-state index >= 15 is 0 Å². The van der Waals surface area contributed by atoms with Crippen LogP contribution in [0.15, 0.2) is 18.3 Å². The number of rotatable bonds is 6. The van der Waals surface area contributed by atoms with Crippen LogP contribution < -0.4 is 4.74 Å². The SMILES string of the molecule is CCN(CC)C(=O)C(C)(C(=O)O)c1ccc(OC)nc1. The molecule has 0 spiro atoms. The Morgan fingerprint density at radius 1 is 1.35 bits per heavy atom. The van der Waals surface area contributed by atoms with E-state index in [1.807, 2.05) is 13.8 Å². The van der Waals surface area contributed by atoms with E-state index in [2.05, 4.69) is 4.98 Å². The first kappa shape index (κ1) is 15.9. The van der Waals surface area contributed by atoms with Crippen molar-refractivity contribution >= 4 is 11.9 Å². The first-order chi connectivity index (χ1) is 9.41. The van der Waals surface area contributed by atoms with Crippen LogP contribution in [0, 0.1) is 0 Å². The number of carbonyl (C=O) groups is 2. The third-order valence-corrected chi connectivity index (χ3v) is 3.43. The van der Waals surface area contributed by atoms with Gasteiger partial charge in [0.1, 0.15) is 0 Å². The number of carbonyl (C=O) groups excluding carboxylic acids is 1. The molecule has 0 aliphatic heterocycles. The molecule has 0 saturated carbocycles. The maximum atomic E-state index is 12.5. The van der Waals surface area contributed by atoms with Crippen LogP contribution >= 0.6 is 0 Å². The van der Waals surface area contributed by atoms with Gasteiger partial charge in [-0.15, -0.1) is 0 Å². The van der Waals surface area contributed by atoms with Gasteiger partial charge in [0.15, 0.2) is 5.41 Å². The fourth-order valence-corrected chi connectivity index (χ4v) is 1.96. The van der Waals surface area contributed by atoms with Crippen LogP contribution in [-0.4, -0.2) is 47.1 Å². The lowest BCUT2D eigenvalue weighted by atomic mass is 9.82. The van der Waals surface area contributed by atoms with Crippen molar-refractivity contribution in [2.75, 3.05) is 20.2 Å². The minimum Gasteiger partial charge on any atom is -0.481 e. The maximum Gasteiger partial charge on any atom is 0.323 e. The Balaban J connectivity index is 3.26. The summed E-state index contributed by atoms with van der Waals surface area (Å²) in [7, 11) is 1.47. The van der Waals surface area contributed by atoms with Crippen LogP contribution in [-0.2, 0) is 15.0 Å². The minimum absolute atomic E-state index is 0.336. The number of amides is 1. The summed E-state index contributed by atoms with van der Waals surface area (Å²) in [4.78, 5) is 29.6. The summed E-state index contributed by atoms with van der Waals surface area (Å²) < 4.78 is 4.94. The van der Waals surface area contributed by atoms with Crippen molar-refractivity contribution in [1.82, 2.24) is 9.88 Å². The van der Waals surface area contributed by atoms with Gasteiger partial charge in [0.2, 0.25) is 11.8 Å². The highest BCUT2D eigenvalue weighted by Crippen LogP contribution is 2.27. The molecule has 1 heterocycles. The second-order valence-corrected chi connectivity index (χ2v) is 4.50. The number of ether oxygens (including phenoxy) is 1. The monoisotopic (exact) mass is 280 g/mol. The highest BCUT2D eigenvalue weighted by molar-refractivity contribution is 6.07. The molecule has 0 saturated heterocycles. The zero-order valence-corrected chi connectivity index (χ0v) is 12.2. The second kappa shape index (κ2) is 6.36. The van der Waals surface area contributed by atoms with Gasteiger partial charge < -0.3 is 14.7 Å². The summed E-state index contributed by atoms with van der Waals surface area (Å²) in [5.74, 6) is -1.26. The van der Waals surface area contributed by atoms with Crippen molar-refractivity contribution in [1.29, 1.82) is 0 Å². The van der Waals surface area contributed by atoms with Crippen LogP contribution in [0.3, 0.4) is 0 Å². The van der Waals surface area contributed by atoms with E-state index in [0.29, 0.717) is 24.5 Å². The molecule has 6 heteroatoms. The molecule has 20 heavy (non-hydrogen) atoms. The molecule has 0 radical (unpaired) electrons. The standard InChI is InChI=1S/C14H20N2O4/c1-5-16(6-2)12(17)14(3,13(18)19)10-7-8-11(20-4)15-9-10/h7-9H,5-6H2,1-4H3,(H,18,19). The highest BCUT2D eigenvalue weighted by atomic mass is 16.5. The lowest BCUT2D eigenvalue weighted by Crippen LogP contribution is -2.50. The predicted molar refractivity (Wildman–Crippen MR) is 73.7 cm³/mol. The fraction of sp³-hybridized carbons (Fsp3) is 0.500. The molecule has 1 N–H and O–H groups in total. The van der Waals surface area contributed by atoms with Gasteiger partial charge in [-0.3, -0.25) is 9.59 Å². The topological polar surface area (TPSA) is 79.7 Å². The van der Waals surface area contributed by atoms with Crippen LogP contribution in [0.1, 0.15) is 26.3 Å². The zero-order chi connectivity index (χ0) is 15.3. The number of aromatic nitrogens is 1. The molecule has 0 aliphatic rings. The van der Waals surface area contributed by atoms with E-state index < -0.39 is 17.3 Å². The first-order valence-electron chi connectivity index (χ1n) is 6.45. The number of methoxy groups -OCH3 is 1. The van der Waals surface area contributed by atoms with Gasteiger partial charge >= 0.3 is 5.97 Å². The summed E-state index contributed by atoms with van der Waals surface area (Å²) in [6, 6.07) is 3.10. The molecule has 0 aliphatic carbocycles. The van der Waals surface area contributed by atoms with E-state index in [1.54, 1.807) is 12.1 Å². The normalized spacial score (nSPS) is 13.4. The summed E-state index contributed by atoms with van der Waals surface area (Å²) >= 11 is 0. The van der Waals surface area contributed by atoms with Crippen molar-refractivity contribution in [3.05, 3.63) is 23.9 Å². The van der Waals surface area contributed by atoms with Gasteiger partial charge in [0, 0.05) is 25.4 Å². The molecule has 1 rings (SSSR count). The van der Waals surface area contributed by atoms with Crippen molar-refractivity contribution in [3.8, 4) is 5.88 Å². The maximum absolute atomic E-state index is 12.5. The summed E-state index contributed by atoms with van der Waals surface area (Å²) in [6.45, 7) is 5.95. The Hall–Kier alpha value is -2.11. The number of aliphatic carboxylic acids is 1. The summed E-state index contributed by atoms with van der Waals surface area (Å²) in [6.07, 6.45) is 1.37. The first-order valence-corrected chi connectivity index (χ1v) is 6.45. The Bertz CT molecular complexity index is 482. The van der Waals surface area contributed by atoms with Crippen molar-refractivity contribution in [2.24, 2.45) is 0 Å². The van der Waals surface area contributed by atoms with Gasteiger partial charge in [-0.1, -0.05) is 6.07 Å². The molecule has 1 aromatic heterocycles. The van der Waals surface area contributed by atoms with Gasteiger partial charge in [0.25, 0.3) is 0 Å². The highest BCUT2D eigenvalue weighted by Gasteiger charge is 2.45. The lowest BCUT2D eigenvalue weighted by molar-refractivity contribution is -0.153. The van der Waals surface area contributed by atoms with Crippen LogP contribution in [0.5, 0.6) is 5.88 Å². The molecule has 0 aromatic carbocycles. The lowest BCUT2D eigenvalue weighted by Gasteiger charge is -2.30. The third-order valence-electron chi connectivity index (χ3n) is 3.43. The third kappa shape index (κ3) is 2.74. The Morgan fingerprint density at radius 2 is 1.95 bits per heavy atom. The van der Waals surface area contributed by atoms with E-state index in [0.717, 1.165) is 0 Å². The number of carboxylic acids is 1. The van der Waals surface area contributed by atoms with Gasteiger partial charge in [-0.2, -0.15) is 0 Å². The van der Waals surface area contributed by atoms with E-state index in [-0.39, 0.29) is 0 Å². The fourth-order valence-electron chi connectivity index (χ4n) is 1.96. The summed E-state index contributed by atoms with van der Waals surface area (Å²) in [5, 5.41) is 9.52. The van der Waals surface area contributed by atoms with Crippen molar-refractivity contribution < 1.29 is 19.4 Å². The molecule has 0 bridgehead atoms. The van der Waals surface area contributed by atoms with Crippen molar-refractivity contribution in [2.45, 2.75) is 26.2 Å². The number of carboxylic acid groups (broad SMARTS) is 1. The number of hydrogen-bond donors (Lipinski definition) is 1. The number of likely N-dealkylation sites (N-methyl/N-ethyl adjacent to an activating group) is 1. The molecular formula is C14H20N2O4. The number of pyridine rings is 1. The molecule has 1 unspecified atom stereocenters. The van der Waals surface area contributed by atoms with Crippen LogP contribution in [0.25, 0.3) is 0 Å². The summed E-state index contributed by atoms with van der Waals surface area (Å²) in [5.41, 5.74) is -1.31. The molecule has 1 aromatic rings. The molecular weight excluding hydrogens is 260 g/mol. The second-order valence-electron chi connectivity index (χ2n) is 4.50. The average Bonchev–Trinajstić information content (AvgIpc) is 2.47. The number of hydrogen-bond acceptors (Lipinski definition) is 4. The molecule has 1 atom stereocenters.